The van der Waals surface area contributed by atoms with Gasteiger partial charge in [0.1, 0.15) is 12.4 Å². The Morgan fingerprint density at radius 1 is 1.44 bits per heavy atom. The first kappa shape index (κ1) is 12.5. The van der Waals surface area contributed by atoms with Crippen LogP contribution >= 0.6 is 0 Å². The van der Waals surface area contributed by atoms with E-state index in [9.17, 15) is 4.79 Å². The molecule has 0 saturated carbocycles. The molecule has 0 aromatic heterocycles. The van der Waals surface area contributed by atoms with E-state index in [1.807, 2.05) is 32.0 Å². The van der Waals surface area contributed by atoms with Crippen molar-refractivity contribution in [3.63, 3.8) is 0 Å². The number of carbonyl (C=O) groups excluding carboxylic acids is 1. The Hall–Kier alpha value is -1.55. The molecule has 0 fully saturated rings. The maximum atomic E-state index is 11.3. The first-order chi connectivity index (χ1) is 7.67. The lowest BCUT2D eigenvalue weighted by Crippen LogP contribution is -2.17. The zero-order valence-electron chi connectivity index (χ0n) is 9.87. The van der Waals surface area contributed by atoms with E-state index in [4.69, 9.17) is 9.47 Å². The summed E-state index contributed by atoms with van der Waals surface area (Å²) in [5, 5.41) is 2.76. The van der Waals surface area contributed by atoms with Crippen LogP contribution in [0.5, 0.6) is 5.75 Å². The molecule has 0 atom stereocenters. The summed E-state index contributed by atoms with van der Waals surface area (Å²) in [4.78, 5) is 11.3. The largest absolute Gasteiger partial charge is 0.494 e. The van der Waals surface area contributed by atoms with Crippen molar-refractivity contribution >= 4 is 11.6 Å². The standard InChI is InChI=1S/C12H17NO3/c1-4-16-10-5-6-11(9(2)7-10)13-12(14)8-15-3/h5-7H,4,8H2,1-3H3,(H,13,14). The van der Waals surface area contributed by atoms with Crippen LogP contribution in [-0.4, -0.2) is 26.2 Å². The molecular formula is C12H17NO3. The van der Waals surface area contributed by atoms with Crippen LogP contribution in [0.25, 0.3) is 0 Å². The van der Waals surface area contributed by atoms with Crippen molar-refractivity contribution < 1.29 is 14.3 Å². The van der Waals surface area contributed by atoms with Crippen LogP contribution in [-0.2, 0) is 9.53 Å². The molecule has 0 spiro atoms. The van der Waals surface area contributed by atoms with Gasteiger partial charge in [0.2, 0.25) is 5.91 Å². The molecule has 1 N–H and O–H groups in total. The van der Waals surface area contributed by atoms with E-state index in [-0.39, 0.29) is 12.5 Å². The van der Waals surface area contributed by atoms with Gasteiger partial charge in [-0.25, -0.2) is 0 Å². The SMILES string of the molecule is CCOc1ccc(NC(=O)COC)c(C)c1. The molecule has 0 unspecified atom stereocenters. The fraction of sp³-hybridized carbons (Fsp3) is 0.417. The van der Waals surface area contributed by atoms with Crippen LogP contribution in [0.3, 0.4) is 0 Å². The highest BCUT2D eigenvalue weighted by molar-refractivity contribution is 5.92. The molecule has 1 aromatic carbocycles. The Kier molecular flexibility index (Phi) is 4.79. The molecule has 0 bridgehead atoms. The minimum Gasteiger partial charge on any atom is -0.494 e. The fourth-order valence-corrected chi connectivity index (χ4v) is 1.35. The van der Waals surface area contributed by atoms with E-state index < -0.39 is 0 Å². The monoisotopic (exact) mass is 223 g/mol. The third-order valence-electron chi connectivity index (χ3n) is 2.06. The van der Waals surface area contributed by atoms with E-state index >= 15 is 0 Å². The summed E-state index contributed by atoms with van der Waals surface area (Å²) < 4.78 is 10.1. The lowest BCUT2D eigenvalue weighted by molar-refractivity contribution is -0.119. The van der Waals surface area contributed by atoms with Gasteiger partial charge in [0.15, 0.2) is 0 Å². The molecule has 0 radical (unpaired) electrons. The second-order valence-corrected chi connectivity index (χ2v) is 3.39. The molecule has 0 aliphatic carbocycles. The van der Waals surface area contributed by atoms with Crippen molar-refractivity contribution in [1.82, 2.24) is 0 Å². The third kappa shape index (κ3) is 3.55. The molecular weight excluding hydrogens is 206 g/mol. The zero-order chi connectivity index (χ0) is 12.0. The van der Waals surface area contributed by atoms with E-state index in [0.29, 0.717) is 6.61 Å². The summed E-state index contributed by atoms with van der Waals surface area (Å²) in [6, 6.07) is 5.55. The molecule has 0 aliphatic rings. The predicted octanol–water partition coefficient (Wildman–Crippen LogP) is 1.98. The number of hydrogen-bond donors (Lipinski definition) is 1. The van der Waals surface area contributed by atoms with Gasteiger partial charge < -0.3 is 14.8 Å². The molecule has 1 amide bonds. The van der Waals surface area contributed by atoms with Gasteiger partial charge in [-0.2, -0.15) is 0 Å². The van der Waals surface area contributed by atoms with Crippen molar-refractivity contribution in [1.29, 1.82) is 0 Å². The highest BCUT2D eigenvalue weighted by Crippen LogP contribution is 2.21. The Balaban J connectivity index is 2.71. The van der Waals surface area contributed by atoms with Crippen LogP contribution in [0.1, 0.15) is 12.5 Å². The molecule has 1 rings (SSSR count). The summed E-state index contributed by atoms with van der Waals surface area (Å²) >= 11 is 0. The van der Waals surface area contributed by atoms with Crippen LogP contribution in [0.2, 0.25) is 0 Å². The average Bonchev–Trinajstić information content (AvgIpc) is 2.23. The topological polar surface area (TPSA) is 47.6 Å². The quantitative estimate of drug-likeness (QED) is 0.830. The summed E-state index contributed by atoms with van der Waals surface area (Å²) in [7, 11) is 1.49. The lowest BCUT2D eigenvalue weighted by Gasteiger charge is -2.10. The number of amides is 1. The number of anilines is 1. The fourth-order valence-electron chi connectivity index (χ4n) is 1.35. The van der Waals surface area contributed by atoms with E-state index in [0.717, 1.165) is 17.0 Å². The van der Waals surface area contributed by atoms with E-state index in [1.165, 1.54) is 7.11 Å². The normalized spacial score (nSPS) is 9.94. The Bertz CT molecular complexity index is 363. The number of carbonyl (C=O) groups is 1. The molecule has 16 heavy (non-hydrogen) atoms. The maximum absolute atomic E-state index is 11.3. The predicted molar refractivity (Wildman–Crippen MR) is 62.9 cm³/mol. The molecule has 4 nitrogen and oxygen atoms in total. The lowest BCUT2D eigenvalue weighted by atomic mass is 10.2. The Labute approximate surface area is 95.6 Å². The van der Waals surface area contributed by atoms with Gasteiger partial charge in [-0.3, -0.25) is 4.79 Å². The molecule has 88 valence electrons. The van der Waals surface area contributed by atoms with Gasteiger partial charge >= 0.3 is 0 Å². The number of aryl methyl sites for hydroxylation is 1. The van der Waals surface area contributed by atoms with Gasteiger partial charge in [0.25, 0.3) is 0 Å². The van der Waals surface area contributed by atoms with Crippen LogP contribution in [0, 0.1) is 6.92 Å². The number of nitrogens with one attached hydrogen (secondary N) is 1. The second-order valence-electron chi connectivity index (χ2n) is 3.39. The van der Waals surface area contributed by atoms with Crippen molar-refractivity contribution in [2.24, 2.45) is 0 Å². The number of hydrogen-bond acceptors (Lipinski definition) is 3. The van der Waals surface area contributed by atoms with Crippen molar-refractivity contribution in [2.45, 2.75) is 13.8 Å². The summed E-state index contributed by atoms with van der Waals surface area (Å²) in [6.07, 6.45) is 0. The molecule has 0 saturated heterocycles. The van der Waals surface area contributed by atoms with Crippen LogP contribution < -0.4 is 10.1 Å². The number of benzene rings is 1. The van der Waals surface area contributed by atoms with Crippen molar-refractivity contribution in [3.05, 3.63) is 23.8 Å². The summed E-state index contributed by atoms with van der Waals surface area (Å²) in [5.41, 5.74) is 1.75. The van der Waals surface area contributed by atoms with Crippen molar-refractivity contribution in [3.8, 4) is 5.75 Å². The first-order valence-corrected chi connectivity index (χ1v) is 5.19. The first-order valence-electron chi connectivity index (χ1n) is 5.19. The van der Waals surface area contributed by atoms with Gasteiger partial charge in [-0.05, 0) is 37.6 Å². The van der Waals surface area contributed by atoms with Gasteiger partial charge in [-0.1, -0.05) is 0 Å². The van der Waals surface area contributed by atoms with E-state index in [2.05, 4.69) is 5.32 Å². The van der Waals surface area contributed by atoms with Gasteiger partial charge in [0.05, 0.1) is 6.61 Å². The maximum Gasteiger partial charge on any atom is 0.250 e. The number of ether oxygens (including phenoxy) is 2. The molecule has 4 heteroatoms. The average molecular weight is 223 g/mol. The van der Waals surface area contributed by atoms with Crippen LogP contribution in [0.15, 0.2) is 18.2 Å². The molecule has 1 aromatic rings. The Morgan fingerprint density at radius 3 is 2.75 bits per heavy atom. The van der Waals surface area contributed by atoms with Gasteiger partial charge in [0, 0.05) is 12.8 Å². The second kappa shape index (κ2) is 6.12. The van der Waals surface area contributed by atoms with Gasteiger partial charge in [-0.15, -0.1) is 0 Å². The number of methoxy groups -OCH3 is 1. The minimum atomic E-state index is -0.158. The van der Waals surface area contributed by atoms with Crippen molar-refractivity contribution in [2.75, 3.05) is 25.6 Å². The smallest absolute Gasteiger partial charge is 0.250 e. The molecule has 0 heterocycles. The highest BCUT2D eigenvalue weighted by Gasteiger charge is 2.04. The minimum absolute atomic E-state index is 0.0622. The highest BCUT2D eigenvalue weighted by atomic mass is 16.5. The zero-order valence-corrected chi connectivity index (χ0v) is 9.87. The third-order valence-corrected chi connectivity index (χ3v) is 2.06. The van der Waals surface area contributed by atoms with Crippen LogP contribution in [0.4, 0.5) is 5.69 Å². The van der Waals surface area contributed by atoms with E-state index in [1.54, 1.807) is 0 Å². The molecule has 0 aliphatic heterocycles. The Morgan fingerprint density at radius 2 is 2.19 bits per heavy atom. The summed E-state index contributed by atoms with van der Waals surface area (Å²) in [5.74, 6) is 0.652. The summed E-state index contributed by atoms with van der Waals surface area (Å²) in [6.45, 7) is 4.55. The number of rotatable bonds is 5.